The first kappa shape index (κ1) is 14.3. The van der Waals surface area contributed by atoms with Crippen LogP contribution in [-0.4, -0.2) is 24.2 Å². The van der Waals surface area contributed by atoms with Crippen molar-refractivity contribution in [1.29, 1.82) is 0 Å². The number of hydrogen-bond donors (Lipinski definition) is 1. The number of thioether (sulfide) groups is 1. The third-order valence-electron chi connectivity index (χ3n) is 2.09. The fourth-order valence-corrected chi connectivity index (χ4v) is 2.15. The third-order valence-corrected chi connectivity index (χ3v) is 3.27. The maximum absolute atomic E-state index is 11.4. The molecule has 96 valence electrons. The zero-order valence-electron chi connectivity index (χ0n) is 10.3. The van der Waals surface area contributed by atoms with Gasteiger partial charge in [-0.1, -0.05) is 6.08 Å². The van der Waals surface area contributed by atoms with Crippen molar-refractivity contribution in [1.82, 2.24) is 0 Å². The summed E-state index contributed by atoms with van der Waals surface area (Å²) in [4.78, 5) is 23.2. The van der Waals surface area contributed by atoms with Crippen LogP contribution in [0.25, 0.3) is 0 Å². The first-order chi connectivity index (χ1) is 8.56. The highest BCUT2D eigenvalue weighted by atomic mass is 32.2. The molecule has 1 atom stereocenters. The molecule has 0 aromatic heterocycles. The Morgan fingerprint density at radius 2 is 2.00 bits per heavy atom. The number of anilines is 1. The molecule has 1 rings (SSSR count). The molecule has 0 aliphatic heterocycles. The molecule has 18 heavy (non-hydrogen) atoms. The number of carbonyl (C=O) groups is 2. The molecule has 0 heterocycles. The lowest BCUT2D eigenvalue weighted by Crippen LogP contribution is -2.15. The summed E-state index contributed by atoms with van der Waals surface area (Å²) in [6, 6.07) is 7.22. The number of ether oxygens (including phenoxy) is 1. The van der Waals surface area contributed by atoms with E-state index in [0.717, 1.165) is 10.6 Å². The maximum atomic E-state index is 11.4. The van der Waals surface area contributed by atoms with Gasteiger partial charge in [-0.05, 0) is 24.3 Å². The normalized spacial score (nSPS) is 11.4. The summed E-state index contributed by atoms with van der Waals surface area (Å²) in [6.45, 7) is 5.06. The second kappa shape index (κ2) is 6.86. The number of carbonyl (C=O) groups excluding carboxylic acids is 2. The van der Waals surface area contributed by atoms with Crippen LogP contribution >= 0.6 is 11.8 Å². The average molecular weight is 265 g/mol. The fourth-order valence-electron chi connectivity index (χ4n) is 1.28. The van der Waals surface area contributed by atoms with E-state index in [1.165, 1.54) is 31.9 Å². The number of hydrogen-bond acceptors (Lipinski definition) is 4. The highest BCUT2D eigenvalue weighted by Gasteiger charge is 2.16. The van der Waals surface area contributed by atoms with Gasteiger partial charge < -0.3 is 10.1 Å². The molecule has 0 bridgehead atoms. The van der Waals surface area contributed by atoms with E-state index in [9.17, 15) is 9.59 Å². The molecule has 0 saturated carbocycles. The number of nitrogens with one attached hydrogen (secondary N) is 1. The molecule has 1 unspecified atom stereocenters. The number of esters is 1. The second-order valence-corrected chi connectivity index (χ2v) is 4.72. The quantitative estimate of drug-likeness (QED) is 0.505. The summed E-state index contributed by atoms with van der Waals surface area (Å²) < 4.78 is 4.66. The van der Waals surface area contributed by atoms with Crippen molar-refractivity contribution in [2.75, 3.05) is 12.4 Å². The van der Waals surface area contributed by atoms with Crippen LogP contribution in [0.4, 0.5) is 5.69 Å². The predicted molar refractivity (Wildman–Crippen MR) is 72.6 cm³/mol. The number of benzene rings is 1. The Kier molecular flexibility index (Phi) is 5.45. The Morgan fingerprint density at radius 3 is 2.44 bits per heavy atom. The Balaban J connectivity index is 2.70. The van der Waals surface area contributed by atoms with Gasteiger partial charge in [-0.25, -0.2) is 0 Å². The smallest absolute Gasteiger partial charge is 0.323 e. The van der Waals surface area contributed by atoms with Crippen LogP contribution in [0, 0.1) is 0 Å². The van der Waals surface area contributed by atoms with Gasteiger partial charge in [-0.3, -0.25) is 9.59 Å². The van der Waals surface area contributed by atoms with Gasteiger partial charge in [0.15, 0.2) is 0 Å². The van der Waals surface area contributed by atoms with E-state index in [4.69, 9.17) is 0 Å². The van der Waals surface area contributed by atoms with E-state index in [0.29, 0.717) is 0 Å². The summed E-state index contributed by atoms with van der Waals surface area (Å²) in [5.74, 6) is -0.449. The van der Waals surface area contributed by atoms with Crippen molar-refractivity contribution in [2.24, 2.45) is 0 Å². The van der Waals surface area contributed by atoms with Gasteiger partial charge in [0.1, 0.15) is 5.25 Å². The molecule has 0 spiro atoms. The lowest BCUT2D eigenvalue weighted by Gasteiger charge is -2.10. The van der Waals surface area contributed by atoms with Crippen LogP contribution in [0.3, 0.4) is 0 Å². The number of methoxy groups -OCH3 is 1. The molecule has 1 aromatic carbocycles. The summed E-state index contributed by atoms with van der Waals surface area (Å²) >= 11 is 1.34. The Labute approximate surface area is 110 Å². The Morgan fingerprint density at radius 1 is 1.39 bits per heavy atom. The minimum atomic E-state index is -0.429. The van der Waals surface area contributed by atoms with Gasteiger partial charge >= 0.3 is 5.97 Å². The first-order valence-electron chi connectivity index (χ1n) is 5.31. The average Bonchev–Trinajstić information content (AvgIpc) is 2.36. The van der Waals surface area contributed by atoms with E-state index in [-0.39, 0.29) is 11.9 Å². The molecule has 5 heteroatoms. The first-order valence-corrected chi connectivity index (χ1v) is 6.19. The highest BCUT2D eigenvalue weighted by molar-refractivity contribution is 8.00. The molecule has 1 aromatic rings. The van der Waals surface area contributed by atoms with Crippen molar-refractivity contribution in [3.8, 4) is 0 Å². The topological polar surface area (TPSA) is 55.4 Å². The highest BCUT2D eigenvalue weighted by Crippen LogP contribution is 2.26. The summed E-state index contributed by atoms with van der Waals surface area (Å²) in [7, 11) is 1.35. The molecule has 0 aliphatic rings. The Hall–Kier alpha value is -1.75. The van der Waals surface area contributed by atoms with Crippen LogP contribution < -0.4 is 5.32 Å². The van der Waals surface area contributed by atoms with Crippen molar-refractivity contribution in [3.05, 3.63) is 36.9 Å². The molecule has 0 aliphatic carbocycles. The molecular formula is C13H15NO3S. The fraction of sp³-hybridized carbons (Fsp3) is 0.231. The van der Waals surface area contributed by atoms with E-state index in [1.54, 1.807) is 12.1 Å². The summed E-state index contributed by atoms with van der Waals surface area (Å²) in [5, 5.41) is 2.24. The van der Waals surface area contributed by atoms with Gasteiger partial charge in [0.2, 0.25) is 5.91 Å². The zero-order valence-corrected chi connectivity index (χ0v) is 11.1. The van der Waals surface area contributed by atoms with Crippen molar-refractivity contribution < 1.29 is 14.3 Å². The molecule has 4 nitrogen and oxygen atoms in total. The second-order valence-electron chi connectivity index (χ2n) is 3.50. The summed E-state index contributed by atoms with van der Waals surface area (Å²) in [5.41, 5.74) is 0.722. The zero-order chi connectivity index (χ0) is 13.5. The molecule has 0 radical (unpaired) electrons. The van der Waals surface area contributed by atoms with Crippen molar-refractivity contribution in [3.63, 3.8) is 0 Å². The van der Waals surface area contributed by atoms with Crippen LogP contribution in [-0.2, 0) is 14.3 Å². The molecule has 0 saturated heterocycles. The van der Waals surface area contributed by atoms with E-state index < -0.39 is 5.25 Å². The molecule has 1 amide bonds. The van der Waals surface area contributed by atoms with Gasteiger partial charge in [0.25, 0.3) is 0 Å². The van der Waals surface area contributed by atoms with E-state index in [2.05, 4.69) is 16.6 Å². The van der Waals surface area contributed by atoms with Gasteiger partial charge in [-0.2, -0.15) is 0 Å². The van der Waals surface area contributed by atoms with E-state index >= 15 is 0 Å². The van der Waals surface area contributed by atoms with Crippen molar-refractivity contribution >= 4 is 29.3 Å². The minimum absolute atomic E-state index is 0.117. The maximum Gasteiger partial charge on any atom is 0.323 e. The van der Waals surface area contributed by atoms with Crippen molar-refractivity contribution in [2.45, 2.75) is 17.1 Å². The largest absolute Gasteiger partial charge is 0.468 e. The third kappa shape index (κ3) is 4.25. The lowest BCUT2D eigenvalue weighted by atomic mass is 10.3. The molecule has 0 fully saturated rings. The summed E-state index contributed by atoms with van der Waals surface area (Å²) in [6.07, 6.45) is 1.54. The van der Waals surface area contributed by atoms with Crippen LogP contribution in [0.1, 0.15) is 6.92 Å². The lowest BCUT2D eigenvalue weighted by molar-refractivity contribution is -0.139. The van der Waals surface area contributed by atoms with Gasteiger partial charge in [0.05, 0.1) is 7.11 Å². The monoisotopic (exact) mass is 265 g/mol. The number of rotatable bonds is 5. The standard InChI is InChI=1S/C13H15NO3S/c1-4-12(13(16)17-3)18-11-7-5-10(6-8-11)14-9(2)15/h4-8,12H,1H2,2-3H3,(H,14,15). The van der Waals surface area contributed by atoms with Crippen LogP contribution in [0.5, 0.6) is 0 Å². The van der Waals surface area contributed by atoms with E-state index in [1.807, 2.05) is 12.1 Å². The predicted octanol–water partition coefficient (Wildman–Crippen LogP) is 2.46. The van der Waals surface area contributed by atoms with Crippen LogP contribution in [0.2, 0.25) is 0 Å². The van der Waals surface area contributed by atoms with Crippen LogP contribution in [0.15, 0.2) is 41.8 Å². The molecule has 1 N–H and O–H groups in total. The Bertz CT molecular complexity index is 442. The van der Waals surface area contributed by atoms with Gasteiger partial charge in [-0.15, -0.1) is 18.3 Å². The minimum Gasteiger partial charge on any atom is -0.468 e. The SMILES string of the molecule is C=CC(Sc1ccc(NC(C)=O)cc1)C(=O)OC. The molecular weight excluding hydrogens is 250 g/mol. The number of amides is 1. The van der Waals surface area contributed by atoms with Gasteiger partial charge in [0, 0.05) is 17.5 Å².